The summed E-state index contributed by atoms with van der Waals surface area (Å²) in [4.78, 5) is 5.13. The van der Waals surface area contributed by atoms with Crippen molar-refractivity contribution in [1.82, 2.24) is 9.55 Å². The molecule has 0 fully saturated rings. The van der Waals surface area contributed by atoms with E-state index in [2.05, 4.69) is 187 Å². The van der Waals surface area contributed by atoms with Crippen molar-refractivity contribution in [2.24, 2.45) is 0 Å². The minimum absolute atomic E-state index is 0.959. The van der Waals surface area contributed by atoms with Crippen LogP contribution in [0, 0.1) is 0 Å². The summed E-state index contributed by atoms with van der Waals surface area (Å²) in [6, 6.07) is 63.3. The Hall–Kier alpha value is -6.51. The van der Waals surface area contributed by atoms with Crippen LogP contribution in [0.5, 0.6) is 0 Å². The third kappa shape index (κ3) is 4.31. The van der Waals surface area contributed by atoms with Gasteiger partial charge in [0.05, 0.1) is 16.7 Å². The normalized spacial score (nSPS) is 11.7. The molecule has 2 heterocycles. The molecule has 49 heavy (non-hydrogen) atoms. The Labute approximate surface area is 284 Å². The Morgan fingerprint density at radius 1 is 0.367 bits per heavy atom. The summed E-state index contributed by atoms with van der Waals surface area (Å²) in [6.45, 7) is 0. The lowest BCUT2D eigenvalue weighted by Gasteiger charge is -2.17. The smallest absolute Gasteiger partial charge is 0.0702 e. The third-order valence-corrected chi connectivity index (χ3v) is 10.0. The van der Waals surface area contributed by atoms with Crippen LogP contribution in [0.4, 0.5) is 0 Å². The Kier molecular flexibility index (Phi) is 6.22. The number of benzene rings is 8. The summed E-state index contributed by atoms with van der Waals surface area (Å²) in [5.74, 6) is 0. The second-order valence-corrected chi connectivity index (χ2v) is 12.7. The van der Waals surface area contributed by atoms with Crippen LogP contribution in [0.2, 0.25) is 0 Å². The molecule has 0 amide bonds. The molecule has 0 aliphatic heterocycles. The van der Waals surface area contributed by atoms with Gasteiger partial charge in [0.2, 0.25) is 0 Å². The van der Waals surface area contributed by atoms with Gasteiger partial charge in [0.1, 0.15) is 0 Å². The molecule has 228 valence electrons. The van der Waals surface area contributed by atoms with Crippen LogP contribution in [0.25, 0.3) is 93.3 Å². The molecule has 0 bridgehead atoms. The minimum atomic E-state index is 0.959. The Morgan fingerprint density at radius 3 is 1.57 bits per heavy atom. The van der Waals surface area contributed by atoms with E-state index in [0.29, 0.717) is 0 Å². The predicted octanol–water partition coefficient (Wildman–Crippen LogP) is 12.6. The number of hydrogen-bond acceptors (Lipinski definition) is 1. The molecule has 2 nitrogen and oxygen atoms in total. The topological polar surface area (TPSA) is 17.8 Å². The van der Waals surface area contributed by atoms with Crippen LogP contribution < -0.4 is 0 Å². The molecule has 0 saturated heterocycles. The Bertz CT molecular complexity index is 2790. The van der Waals surface area contributed by atoms with Crippen LogP contribution in [-0.2, 0) is 0 Å². The van der Waals surface area contributed by atoms with Crippen molar-refractivity contribution in [2.45, 2.75) is 0 Å². The molecule has 0 saturated carbocycles. The highest BCUT2D eigenvalue weighted by molar-refractivity contribution is 6.23. The van der Waals surface area contributed by atoms with Crippen molar-refractivity contribution in [3.8, 4) is 39.2 Å². The van der Waals surface area contributed by atoms with Gasteiger partial charge in [-0.15, -0.1) is 0 Å². The van der Waals surface area contributed by atoms with Gasteiger partial charge in [-0.2, -0.15) is 0 Å². The van der Waals surface area contributed by atoms with Gasteiger partial charge in [0.15, 0.2) is 0 Å². The first kappa shape index (κ1) is 27.6. The third-order valence-electron chi connectivity index (χ3n) is 10.0. The fraction of sp³-hybridized carbons (Fsp3) is 0. The fourth-order valence-electron chi connectivity index (χ4n) is 7.87. The number of pyridine rings is 1. The monoisotopic (exact) mass is 622 g/mol. The van der Waals surface area contributed by atoms with Crippen molar-refractivity contribution >= 4 is 54.1 Å². The highest BCUT2D eigenvalue weighted by Crippen LogP contribution is 2.44. The molecule has 2 aromatic heterocycles. The first-order chi connectivity index (χ1) is 24.3. The second-order valence-electron chi connectivity index (χ2n) is 12.7. The van der Waals surface area contributed by atoms with Crippen LogP contribution >= 0.6 is 0 Å². The van der Waals surface area contributed by atoms with Crippen molar-refractivity contribution in [2.75, 3.05) is 0 Å². The summed E-state index contributed by atoms with van der Waals surface area (Å²) in [6.07, 6.45) is 2.05. The van der Waals surface area contributed by atoms with Gasteiger partial charge in [0.25, 0.3) is 0 Å². The quantitative estimate of drug-likeness (QED) is 0.179. The van der Waals surface area contributed by atoms with E-state index in [9.17, 15) is 0 Å². The summed E-state index contributed by atoms with van der Waals surface area (Å²) in [5.41, 5.74) is 10.5. The van der Waals surface area contributed by atoms with Crippen LogP contribution in [0.1, 0.15) is 0 Å². The maximum absolute atomic E-state index is 5.13. The molecule has 0 radical (unpaired) electrons. The van der Waals surface area contributed by atoms with Crippen molar-refractivity contribution in [3.63, 3.8) is 0 Å². The lowest BCUT2D eigenvalue weighted by atomic mass is 9.86. The number of rotatable bonds is 4. The van der Waals surface area contributed by atoms with E-state index >= 15 is 0 Å². The van der Waals surface area contributed by atoms with E-state index in [1.165, 1.54) is 70.8 Å². The zero-order chi connectivity index (χ0) is 32.3. The van der Waals surface area contributed by atoms with E-state index in [1.807, 2.05) is 0 Å². The van der Waals surface area contributed by atoms with Crippen molar-refractivity contribution < 1.29 is 0 Å². The zero-order valence-corrected chi connectivity index (χ0v) is 26.7. The van der Waals surface area contributed by atoms with Crippen molar-refractivity contribution in [3.05, 3.63) is 182 Å². The molecule has 10 rings (SSSR count). The zero-order valence-electron chi connectivity index (χ0n) is 26.7. The Morgan fingerprint density at radius 2 is 0.918 bits per heavy atom. The first-order valence-electron chi connectivity index (χ1n) is 16.8. The van der Waals surface area contributed by atoms with Gasteiger partial charge >= 0.3 is 0 Å². The van der Waals surface area contributed by atoms with E-state index < -0.39 is 0 Å². The standard InChI is InChI=1S/C47H30N2/c1-3-14-32(15-4-1)45-37-19-9-11-21-39(37)46(40-22-12-10-20-38(40)45)34-23-26-42(48-30-34)33-25-27-43-41(29-33)47-36-18-8-7-13-31(36)24-28-44(47)49(43)35-16-5-2-6-17-35/h1-30H. The molecule has 0 N–H and O–H groups in total. The fourth-order valence-corrected chi connectivity index (χ4v) is 7.87. The number of para-hydroxylation sites is 1. The van der Waals surface area contributed by atoms with Crippen molar-refractivity contribution in [1.29, 1.82) is 0 Å². The van der Waals surface area contributed by atoms with Crippen LogP contribution in [0.3, 0.4) is 0 Å². The van der Waals surface area contributed by atoms with E-state index in [-0.39, 0.29) is 0 Å². The lowest BCUT2D eigenvalue weighted by molar-refractivity contribution is 1.18. The lowest BCUT2D eigenvalue weighted by Crippen LogP contribution is -1.93. The molecule has 2 heteroatoms. The summed E-state index contributed by atoms with van der Waals surface area (Å²) in [5, 5.41) is 9.97. The van der Waals surface area contributed by atoms with Gasteiger partial charge in [0, 0.05) is 33.8 Å². The first-order valence-corrected chi connectivity index (χ1v) is 16.8. The average Bonchev–Trinajstić information content (AvgIpc) is 3.52. The van der Waals surface area contributed by atoms with E-state index in [1.54, 1.807) is 0 Å². The van der Waals surface area contributed by atoms with Crippen LogP contribution in [0.15, 0.2) is 182 Å². The molecule has 8 aromatic carbocycles. The predicted molar refractivity (Wildman–Crippen MR) is 207 cm³/mol. The summed E-state index contributed by atoms with van der Waals surface area (Å²) >= 11 is 0. The molecular formula is C47H30N2. The number of aromatic nitrogens is 2. The van der Waals surface area contributed by atoms with Gasteiger partial charge < -0.3 is 4.57 Å². The summed E-state index contributed by atoms with van der Waals surface area (Å²) < 4.78 is 2.38. The molecule has 0 aliphatic rings. The SMILES string of the molecule is c1ccc(-c2c3ccccc3c(-c3ccc(-c4ccc5c(c4)c4c6ccccc6ccc4n5-c4ccccc4)nc3)c3ccccc23)cc1. The minimum Gasteiger partial charge on any atom is -0.309 e. The maximum Gasteiger partial charge on any atom is 0.0702 e. The molecule has 0 unspecified atom stereocenters. The number of hydrogen-bond donors (Lipinski definition) is 0. The number of nitrogens with zero attached hydrogens (tertiary/aromatic N) is 2. The van der Waals surface area contributed by atoms with Gasteiger partial charge in [-0.1, -0.05) is 140 Å². The van der Waals surface area contributed by atoms with Gasteiger partial charge in [-0.05, 0) is 85.4 Å². The highest BCUT2D eigenvalue weighted by atomic mass is 15.0. The molecular weight excluding hydrogens is 593 g/mol. The van der Waals surface area contributed by atoms with Gasteiger partial charge in [-0.3, -0.25) is 4.98 Å². The Balaban J connectivity index is 1.16. The molecule has 10 aromatic rings. The average molecular weight is 623 g/mol. The molecule has 0 spiro atoms. The van der Waals surface area contributed by atoms with Crippen LogP contribution in [-0.4, -0.2) is 9.55 Å². The van der Waals surface area contributed by atoms with Gasteiger partial charge in [-0.25, -0.2) is 0 Å². The van der Waals surface area contributed by atoms with E-state index in [0.717, 1.165) is 22.5 Å². The molecule has 0 aliphatic carbocycles. The maximum atomic E-state index is 5.13. The second kappa shape index (κ2) is 11.0. The summed E-state index contributed by atoms with van der Waals surface area (Å²) in [7, 11) is 0. The molecule has 0 atom stereocenters. The largest absolute Gasteiger partial charge is 0.309 e. The number of fused-ring (bicyclic) bond motifs is 7. The highest BCUT2D eigenvalue weighted by Gasteiger charge is 2.18. The van der Waals surface area contributed by atoms with E-state index in [4.69, 9.17) is 4.98 Å².